The summed E-state index contributed by atoms with van der Waals surface area (Å²) in [5, 5.41) is 9.28. The van der Waals surface area contributed by atoms with Crippen molar-refractivity contribution in [3.63, 3.8) is 0 Å². The van der Waals surface area contributed by atoms with Crippen molar-refractivity contribution in [2.24, 2.45) is 0 Å². The molecule has 11 heavy (non-hydrogen) atoms. The van der Waals surface area contributed by atoms with Gasteiger partial charge in [-0.05, 0) is 32.8 Å². The van der Waals surface area contributed by atoms with Crippen LogP contribution in [0.1, 0.15) is 34.1 Å². The summed E-state index contributed by atoms with van der Waals surface area (Å²) in [6, 6.07) is 0. The predicted molar refractivity (Wildman–Crippen MR) is 49.5 cm³/mol. The van der Waals surface area contributed by atoms with Gasteiger partial charge < -0.3 is 5.11 Å². The van der Waals surface area contributed by atoms with Crippen molar-refractivity contribution in [2.45, 2.75) is 40.2 Å². The van der Waals surface area contributed by atoms with E-state index in [1.54, 1.807) is 6.92 Å². The van der Waals surface area contributed by atoms with Crippen LogP contribution in [-0.4, -0.2) is 11.2 Å². The fourth-order valence-electron chi connectivity index (χ4n) is 0.919. The van der Waals surface area contributed by atoms with Gasteiger partial charge in [0.25, 0.3) is 0 Å². The van der Waals surface area contributed by atoms with E-state index in [-0.39, 0.29) is 6.10 Å². The third-order valence-corrected chi connectivity index (χ3v) is 1.38. The average Bonchev–Trinajstić information content (AvgIpc) is 1.86. The molecule has 0 aromatic rings. The van der Waals surface area contributed by atoms with Gasteiger partial charge in [-0.1, -0.05) is 24.6 Å². The first-order valence-electron chi connectivity index (χ1n) is 4.11. The van der Waals surface area contributed by atoms with Gasteiger partial charge in [-0.2, -0.15) is 0 Å². The zero-order valence-electron chi connectivity index (χ0n) is 7.89. The molecule has 1 unspecified atom stereocenters. The topological polar surface area (TPSA) is 20.2 Å². The lowest BCUT2D eigenvalue weighted by Crippen LogP contribution is -2.02. The summed E-state index contributed by atoms with van der Waals surface area (Å²) < 4.78 is 0. The Labute approximate surface area is 69.4 Å². The molecule has 0 aliphatic rings. The Morgan fingerprint density at radius 3 is 2.27 bits per heavy atom. The second kappa shape index (κ2) is 5.14. The molecule has 0 amide bonds. The number of aliphatic hydroxyl groups is 1. The van der Waals surface area contributed by atoms with Crippen LogP contribution in [-0.2, 0) is 0 Å². The fourth-order valence-corrected chi connectivity index (χ4v) is 0.919. The van der Waals surface area contributed by atoms with Gasteiger partial charge in [0.05, 0.1) is 6.10 Å². The molecule has 0 fully saturated rings. The second-order valence-electron chi connectivity index (χ2n) is 3.01. The van der Waals surface area contributed by atoms with E-state index >= 15 is 0 Å². The lowest BCUT2D eigenvalue weighted by atomic mass is 10.1. The van der Waals surface area contributed by atoms with Crippen molar-refractivity contribution in [1.82, 2.24) is 0 Å². The zero-order chi connectivity index (χ0) is 8.85. The molecule has 1 N–H and O–H groups in total. The monoisotopic (exact) mass is 154 g/mol. The SMILES string of the molecule is CC/C=C(\C=C(C)C)C(C)O. The van der Waals surface area contributed by atoms with E-state index in [0.29, 0.717) is 0 Å². The maximum Gasteiger partial charge on any atom is 0.0758 e. The van der Waals surface area contributed by atoms with Crippen LogP contribution < -0.4 is 0 Å². The smallest absolute Gasteiger partial charge is 0.0758 e. The molecule has 0 bridgehead atoms. The van der Waals surface area contributed by atoms with E-state index in [2.05, 4.69) is 13.0 Å². The maximum absolute atomic E-state index is 9.28. The number of allylic oxidation sites excluding steroid dienone is 2. The molecular formula is C10H18O. The zero-order valence-corrected chi connectivity index (χ0v) is 7.89. The molecule has 64 valence electrons. The first-order valence-corrected chi connectivity index (χ1v) is 4.11. The van der Waals surface area contributed by atoms with Crippen LogP contribution in [0.3, 0.4) is 0 Å². The molecule has 0 saturated carbocycles. The van der Waals surface area contributed by atoms with E-state index in [1.807, 2.05) is 19.9 Å². The summed E-state index contributed by atoms with van der Waals surface area (Å²) in [5.41, 5.74) is 2.25. The van der Waals surface area contributed by atoms with Crippen LogP contribution in [0, 0.1) is 0 Å². The first-order chi connectivity index (χ1) is 5.07. The van der Waals surface area contributed by atoms with Crippen LogP contribution >= 0.6 is 0 Å². The maximum atomic E-state index is 9.28. The van der Waals surface area contributed by atoms with Crippen LogP contribution in [0.4, 0.5) is 0 Å². The Morgan fingerprint density at radius 2 is 2.00 bits per heavy atom. The van der Waals surface area contributed by atoms with Crippen molar-refractivity contribution in [3.8, 4) is 0 Å². The van der Waals surface area contributed by atoms with Crippen molar-refractivity contribution in [3.05, 3.63) is 23.3 Å². The third-order valence-electron chi connectivity index (χ3n) is 1.38. The van der Waals surface area contributed by atoms with Gasteiger partial charge in [0.2, 0.25) is 0 Å². The van der Waals surface area contributed by atoms with Crippen LogP contribution in [0.2, 0.25) is 0 Å². The van der Waals surface area contributed by atoms with E-state index < -0.39 is 0 Å². The molecule has 0 aromatic carbocycles. The highest BCUT2D eigenvalue weighted by molar-refractivity contribution is 5.24. The largest absolute Gasteiger partial charge is 0.389 e. The molecule has 1 nitrogen and oxygen atoms in total. The van der Waals surface area contributed by atoms with Gasteiger partial charge in [0, 0.05) is 0 Å². The normalized spacial score (nSPS) is 14.5. The van der Waals surface area contributed by atoms with Crippen molar-refractivity contribution >= 4 is 0 Å². The molecule has 0 aromatic heterocycles. The minimum absolute atomic E-state index is 0.343. The van der Waals surface area contributed by atoms with Crippen LogP contribution in [0.25, 0.3) is 0 Å². The Bertz CT molecular complexity index is 160. The van der Waals surface area contributed by atoms with Gasteiger partial charge in [-0.3, -0.25) is 0 Å². The number of hydrogen-bond donors (Lipinski definition) is 1. The number of rotatable bonds is 3. The van der Waals surface area contributed by atoms with E-state index in [1.165, 1.54) is 5.57 Å². The highest BCUT2D eigenvalue weighted by Gasteiger charge is 1.99. The molecule has 0 heterocycles. The summed E-state index contributed by atoms with van der Waals surface area (Å²) >= 11 is 0. The van der Waals surface area contributed by atoms with Crippen LogP contribution in [0.5, 0.6) is 0 Å². The summed E-state index contributed by atoms with van der Waals surface area (Å²) in [6.07, 6.45) is 4.71. The Kier molecular flexibility index (Phi) is 4.88. The molecule has 0 radical (unpaired) electrons. The van der Waals surface area contributed by atoms with Gasteiger partial charge in [-0.25, -0.2) is 0 Å². The van der Waals surface area contributed by atoms with Crippen LogP contribution in [0.15, 0.2) is 23.3 Å². The molecule has 0 rings (SSSR count). The Balaban J connectivity index is 4.36. The molecular weight excluding hydrogens is 136 g/mol. The standard InChI is InChI=1S/C10H18O/c1-5-6-10(9(4)11)7-8(2)3/h6-7,9,11H,5H2,1-4H3/b10-6+. The molecule has 0 aliphatic heterocycles. The Morgan fingerprint density at radius 1 is 1.45 bits per heavy atom. The van der Waals surface area contributed by atoms with Gasteiger partial charge in [0.15, 0.2) is 0 Å². The lowest BCUT2D eigenvalue weighted by Gasteiger charge is -2.05. The van der Waals surface area contributed by atoms with Gasteiger partial charge >= 0.3 is 0 Å². The molecule has 1 heteroatoms. The average molecular weight is 154 g/mol. The summed E-state index contributed by atoms with van der Waals surface area (Å²) in [4.78, 5) is 0. The van der Waals surface area contributed by atoms with Crippen molar-refractivity contribution in [2.75, 3.05) is 0 Å². The summed E-state index contributed by atoms with van der Waals surface area (Å²) in [6.45, 7) is 7.93. The second-order valence-corrected chi connectivity index (χ2v) is 3.01. The highest BCUT2D eigenvalue weighted by Crippen LogP contribution is 2.07. The minimum atomic E-state index is -0.343. The van der Waals surface area contributed by atoms with E-state index in [0.717, 1.165) is 12.0 Å². The lowest BCUT2D eigenvalue weighted by molar-refractivity contribution is 0.235. The first kappa shape index (κ1) is 10.4. The third kappa shape index (κ3) is 4.79. The van der Waals surface area contributed by atoms with Crippen molar-refractivity contribution in [1.29, 1.82) is 0 Å². The molecule has 0 aliphatic carbocycles. The fraction of sp³-hybridized carbons (Fsp3) is 0.600. The molecule has 0 spiro atoms. The number of aliphatic hydroxyl groups excluding tert-OH is 1. The van der Waals surface area contributed by atoms with Gasteiger partial charge in [-0.15, -0.1) is 0 Å². The highest BCUT2D eigenvalue weighted by atomic mass is 16.3. The number of hydrogen-bond acceptors (Lipinski definition) is 1. The van der Waals surface area contributed by atoms with E-state index in [4.69, 9.17) is 0 Å². The molecule has 0 saturated heterocycles. The van der Waals surface area contributed by atoms with Gasteiger partial charge in [0.1, 0.15) is 0 Å². The van der Waals surface area contributed by atoms with Crippen molar-refractivity contribution < 1.29 is 5.11 Å². The predicted octanol–water partition coefficient (Wildman–Crippen LogP) is 2.67. The summed E-state index contributed by atoms with van der Waals surface area (Å²) in [7, 11) is 0. The Hall–Kier alpha value is -0.560. The summed E-state index contributed by atoms with van der Waals surface area (Å²) in [5.74, 6) is 0. The minimum Gasteiger partial charge on any atom is -0.389 e. The quantitative estimate of drug-likeness (QED) is 0.620. The van der Waals surface area contributed by atoms with E-state index in [9.17, 15) is 5.11 Å². The molecule has 1 atom stereocenters.